The fourth-order valence-corrected chi connectivity index (χ4v) is 1.89. The molecule has 0 bridgehead atoms. The monoisotopic (exact) mass is 252 g/mol. The van der Waals surface area contributed by atoms with E-state index < -0.39 is 0 Å². The second-order valence-corrected chi connectivity index (χ2v) is 4.16. The number of nitrogens with one attached hydrogen (secondary N) is 1. The summed E-state index contributed by atoms with van der Waals surface area (Å²) < 4.78 is 10.5. The molecule has 2 heterocycles. The van der Waals surface area contributed by atoms with Gasteiger partial charge in [0.2, 0.25) is 11.8 Å². The highest BCUT2D eigenvalue weighted by Crippen LogP contribution is 2.06. The molecule has 0 saturated carbocycles. The van der Waals surface area contributed by atoms with Crippen molar-refractivity contribution in [3.8, 4) is 5.88 Å². The van der Waals surface area contributed by atoms with Crippen molar-refractivity contribution in [3.63, 3.8) is 0 Å². The fourth-order valence-electron chi connectivity index (χ4n) is 1.89. The Morgan fingerprint density at radius 1 is 1.44 bits per heavy atom. The number of hydrogen-bond acceptors (Lipinski definition) is 6. The molecule has 0 aromatic carbocycles. The topological polar surface area (TPSA) is 59.5 Å². The van der Waals surface area contributed by atoms with Crippen LogP contribution in [0.1, 0.15) is 6.42 Å². The SMILES string of the molecule is COc1ccnc(NCCN2CCCOCC2)n1. The summed E-state index contributed by atoms with van der Waals surface area (Å²) in [5.74, 6) is 1.19. The van der Waals surface area contributed by atoms with Gasteiger partial charge in [0, 0.05) is 45.0 Å². The molecule has 2 rings (SSSR count). The molecule has 6 heteroatoms. The Kier molecular flexibility index (Phi) is 5.16. The maximum Gasteiger partial charge on any atom is 0.225 e. The minimum Gasteiger partial charge on any atom is -0.481 e. The first kappa shape index (κ1) is 13.0. The van der Waals surface area contributed by atoms with Crippen molar-refractivity contribution in [2.24, 2.45) is 0 Å². The highest BCUT2D eigenvalue weighted by atomic mass is 16.5. The number of rotatable bonds is 5. The Labute approximate surface area is 107 Å². The van der Waals surface area contributed by atoms with E-state index in [9.17, 15) is 0 Å². The molecule has 0 amide bonds. The van der Waals surface area contributed by atoms with E-state index in [4.69, 9.17) is 9.47 Å². The summed E-state index contributed by atoms with van der Waals surface area (Å²) in [7, 11) is 1.60. The zero-order chi connectivity index (χ0) is 12.6. The lowest BCUT2D eigenvalue weighted by atomic mass is 10.4. The van der Waals surface area contributed by atoms with Gasteiger partial charge in [-0.2, -0.15) is 4.98 Å². The molecule has 1 aliphatic rings. The van der Waals surface area contributed by atoms with Crippen LogP contribution < -0.4 is 10.1 Å². The second-order valence-electron chi connectivity index (χ2n) is 4.16. The lowest BCUT2D eigenvalue weighted by molar-refractivity contribution is 0.142. The van der Waals surface area contributed by atoms with Gasteiger partial charge in [-0.15, -0.1) is 0 Å². The van der Waals surface area contributed by atoms with Crippen molar-refractivity contribution >= 4 is 5.95 Å². The van der Waals surface area contributed by atoms with Crippen LogP contribution in [-0.2, 0) is 4.74 Å². The van der Waals surface area contributed by atoms with Gasteiger partial charge in [-0.1, -0.05) is 0 Å². The molecule has 18 heavy (non-hydrogen) atoms. The van der Waals surface area contributed by atoms with Gasteiger partial charge in [-0.3, -0.25) is 4.90 Å². The average molecular weight is 252 g/mol. The van der Waals surface area contributed by atoms with Gasteiger partial charge < -0.3 is 14.8 Å². The maximum atomic E-state index is 5.42. The van der Waals surface area contributed by atoms with E-state index in [1.165, 1.54) is 0 Å². The molecule has 1 aromatic heterocycles. The van der Waals surface area contributed by atoms with Gasteiger partial charge in [-0.05, 0) is 6.42 Å². The summed E-state index contributed by atoms with van der Waals surface area (Å²) in [5.41, 5.74) is 0. The van der Waals surface area contributed by atoms with Crippen LogP contribution in [0.5, 0.6) is 5.88 Å². The van der Waals surface area contributed by atoms with E-state index >= 15 is 0 Å². The van der Waals surface area contributed by atoms with Gasteiger partial charge >= 0.3 is 0 Å². The fraction of sp³-hybridized carbons (Fsp3) is 0.667. The standard InChI is InChI=1S/C12H20N4O2/c1-17-11-3-4-13-12(15-11)14-5-7-16-6-2-9-18-10-8-16/h3-4H,2,5-10H2,1H3,(H,13,14,15). The van der Waals surface area contributed by atoms with Crippen LogP contribution in [-0.4, -0.2) is 61.4 Å². The predicted octanol–water partition coefficient (Wildman–Crippen LogP) is 0.619. The van der Waals surface area contributed by atoms with E-state index in [1.54, 1.807) is 19.4 Å². The lowest BCUT2D eigenvalue weighted by Crippen LogP contribution is -2.31. The Bertz CT molecular complexity index is 354. The molecule has 6 nitrogen and oxygen atoms in total. The molecular weight excluding hydrogens is 232 g/mol. The van der Waals surface area contributed by atoms with Crippen LogP contribution in [0.3, 0.4) is 0 Å². The van der Waals surface area contributed by atoms with Crippen LogP contribution in [0.2, 0.25) is 0 Å². The molecule has 1 N–H and O–H groups in total. The predicted molar refractivity (Wildman–Crippen MR) is 68.9 cm³/mol. The summed E-state index contributed by atoms with van der Waals surface area (Å²) in [4.78, 5) is 10.7. The van der Waals surface area contributed by atoms with Gasteiger partial charge in [0.1, 0.15) is 0 Å². The van der Waals surface area contributed by atoms with Crippen molar-refractivity contribution in [2.45, 2.75) is 6.42 Å². The Morgan fingerprint density at radius 3 is 3.28 bits per heavy atom. The molecule has 100 valence electrons. The summed E-state index contributed by atoms with van der Waals surface area (Å²) in [6, 6.07) is 1.73. The molecule has 1 aromatic rings. The smallest absolute Gasteiger partial charge is 0.225 e. The summed E-state index contributed by atoms with van der Waals surface area (Å²) in [6.45, 7) is 5.61. The van der Waals surface area contributed by atoms with Crippen molar-refractivity contribution in [2.75, 3.05) is 51.8 Å². The van der Waals surface area contributed by atoms with Crippen molar-refractivity contribution in [3.05, 3.63) is 12.3 Å². The zero-order valence-corrected chi connectivity index (χ0v) is 10.8. The van der Waals surface area contributed by atoms with Crippen molar-refractivity contribution < 1.29 is 9.47 Å². The number of anilines is 1. The highest BCUT2D eigenvalue weighted by Gasteiger charge is 2.08. The summed E-state index contributed by atoms with van der Waals surface area (Å²) in [6.07, 6.45) is 2.80. The van der Waals surface area contributed by atoms with Gasteiger partial charge in [0.05, 0.1) is 13.7 Å². The van der Waals surface area contributed by atoms with Crippen LogP contribution in [0, 0.1) is 0 Å². The van der Waals surface area contributed by atoms with E-state index in [-0.39, 0.29) is 0 Å². The maximum absolute atomic E-state index is 5.42. The first-order valence-electron chi connectivity index (χ1n) is 6.29. The number of hydrogen-bond donors (Lipinski definition) is 1. The first-order chi connectivity index (χ1) is 8.88. The third-order valence-electron chi connectivity index (χ3n) is 2.87. The second kappa shape index (κ2) is 7.13. The average Bonchev–Trinajstić information content (AvgIpc) is 2.68. The zero-order valence-electron chi connectivity index (χ0n) is 10.8. The molecule has 1 saturated heterocycles. The number of aromatic nitrogens is 2. The van der Waals surface area contributed by atoms with E-state index in [1.807, 2.05) is 0 Å². The Balaban J connectivity index is 1.73. The van der Waals surface area contributed by atoms with Crippen LogP contribution in [0.25, 0.3) is 0 Å². The Hall–Kier alpha value is -1.40. The summed E-state index contributed by atoms with van der Waals surface area (Å²) in [5, 5.41) is 3.20. The van der Waals surface area contributed by atoms with Gasteiger partial charge in [-0.25, -0.2) is 4.98 Å². The molecule has 0 aliphatic carbocycles. The number of methoxy groups -OCH3 is 1. The largest absolute Gasteiger partial charge is 0.481 e. The van der Waals surface area contributed by atoms with Crippen molar-refractivity contribution in [1.29, 1.82) is 0 Å². The normalized spacial score (nSPS) is 17.2. The third-order valence-corrected chi connectivity index (χ3v) is 2.87. The van der Waals surface area contributed by atoms with Crippen LogP contribution in [0.15, 0.2) is 12.3 Å². The molecular formula is C12H20N4O2. The molecule has 0 unspecified atom stereocenters. The van der Waals surface area contributed by atoms with E-state index in [0.717, 1.165) is 45.8 Å². The van der Waals surface area contributed by atoms with E-state index in [0.29, 0.717) is 11.8 Å². The molecule has 0 radical (unpaired) electrons. The summed E-state index contributed by atoms with van der Waals surface area (Å²) >= 11 is 0. The highest BCUT2D eigenvalue weighted by molar-refractivity contribution is 5.27. The minimum atomic E-state index is 0.579. The Morgan fingerprint density at radius 2 is 2.39 bits per heavy atom. The first-order valence-corrected chi connectivity index (χ1v) is 6.29. The van der Waals surface area contributed by atoms with E-state index in [2.05, 4.69) is 20.2 Å². The number of ether oxygens (including phenoxy) is 2. The van der Waals surface area contributed by atoms with Gasteiger partial charge in [0.15, 0.2) is 0 Å². The molecule has 1 aliphatic heterocycles. The lowest BCUT2D eigenvalue weighted by Gasteiger charge is -2.18. The van der Waals surface area contributed by atoms with Crippen molar-refractivity contribution in [1.82, 2.24) is 14.9 Å². The quantitative estimate of drug-likeness (QED) is 0.829. The third kappa shape index (κ3) is 4.12. The van der Waals surface area contributed by atoms with Crippen LogP contribution in [0.4, 0.5) is 5.95 Å². The molecule has 0 atom stereocenters. The van der Waals surface area contributed by atoms with Gasteiger partial charge in [0.25, 0.3) is 0 Å². The molecule has 1 fully saturated rings. The minimum absolute atomic E-state index is 0.579. The number of nitrogens with zero attached hydrogens (tertiary/aromatic N) is 3. The molecule has 0 spiro atoms. The van der Waals surface area contributed by atoms with Crippen LogP contribution >= 0.6 is 0 Å².